The van der Waals surface area contributed by atoms with Gasteiger partial charge >= 0.3 is 7.82 Å². The first kappa shape index (κ1) is 44.0. The van der Waals surface area contributed by atoms with E-state index in [2.05, 4.69) is 31.3 Å². The molecule has 0 rings (SSSR count). The maximum atomic E-state index is 12.7. The van der Waals surface area contributed by atoms with Crippen molar-refractivity contribution in [3.8, 4) is 0 Å². The lowest BCUT2D eigenvalue weighted by Crippen LogP contribution is -2.45. The van der Waals surface area contributed by atoms with Gasteiger partial charge < -0.3 is 19.8 Å². The highest BCUT2D eigenvalue weighted by molar-refractivity contribution is 7.47. The number of allylic oxidation sites excluding steroid dienone is 3. The van der Waals surface area contributed by atoms with Crippen molar-refractivity contribution >= 4 is 13.7 Å². The predicted octanol–water partition coefficient (Wildman–Crippen LogP) is 9.02. The summed E-state index contributed by atoms with van der Waals surface area (Å²) in [5.74, 6) is -0.185. The number of carbonyl (C=O) groups is 1. The zero-order valence-corrected chi connectivity index (χ0v) is 30.8. The molecular weight excluding hydrogens is 587 g/mol. The van der Waals surface area contributed by atoms with Gasteiger partial charge in [-0.05, 0) is 38.5 Å². The van der Waals surface area contributed by atoms with Crippen molar-refractivity contribution in [1.29, 1.82) is 0 Å². The number of unbranched alkanes of at least 4 members (excludes halogenated alkanes) is 17. The quantitative estimate of drug-likeness (QED) is 0.0288. The average Bonchev–Trinajstić information content (AvgIpc) is 2.97. The van der Waals surface area contributed by atoms with Crippen LogP contribution in [0.25, 0.3) is 0 Å². The minimum Gasteiger partial charge on any atom is -0.387 e. The fraction of sp³-hybridized carbons (Fsp3) is 0.861. The maximum absolute atomic E-state index is 12.7. The van der Waals surface area contributed by atoms with Gasteiger partial charge in [0.1, 0.15) is 13.2 Å². The van der Waals surface area contributed by atoms with E-state index in [0.29, 0.717) is 17.4 Å². The van der Waals surface area contributed by atoms with Crippen LogP contribution in [-0.4, -0.2) is 73.4 Å². The minimum absolute atomic E-state index is 0.0610. The molecule has 0 spiro atoms. The second-order valence-corrected chi connectivity index (χ2v) is 15.0. The number of carbonyl (C=O) groups excluding carboxylic acids is 1. The molecule has 0 fully saturated rings. The topological polar surface area (TPSA) is 105 Å². The van der Waals surface area contributed by atoms with Crippen LogP contribution >= 0.6 is 7.82 Å². The number of phosphoric ester groups is 1. The van der Waals surface area contributed by atoms with Crippen molar-refractivity contribution in [1.82, 2.24) is 5.32 Å². The van der Waals surface area contributed by atoms with E-state index in [1.165, 1.54) is 89.9 Å². The van der Waals surface area contributed by atoms with E-state index in [1.807, 2.05) is 27.2 Å². The van der Waals surface area contributed by atoms with Gasteiger partial charge in [0.05, 0.1) is 39.9 Å². The third kappa shape index (κ3) is 31.4. The minimum atomic E-state index is -4.32. The van der Waals surface area contributed by atoms with E-state index in [0.717, 1.165) is 38.5 Å². The first-order valence-corrected chi connectivity index (χ1v) is 19.7. The molecule has 0 saturated carbocycles. The van der Waals surface area contributed by atoms with Crippen LogP contribution in [0.4, 0.5) is 0 Å². The van der Waals surface area contributed by atoms with Gasteiger partial charge in [0, 0.05) is 6.42 Å². The second kappa shape index (κ2) is 29.1. The van der Waals surface area contributed by atoms with E-state index in [-0.39, 0.29) is 19.1 Å². The Kier molecular flexibility index (Phi) is 28.5. The number of nitrogens with zero attached hydrogens (tertiary/aromatic N) is 1. The smallest absolute Gasteiger partial charge is 0.387 e. The van der Waals surface area contributed by atoms with Gasteiger partial charge in [0.15, 0.2) is 0 Å². The van der Waals surface area contributed by atoms with Crippen LogP contribution in [0.5, 0.6) is 0 Å². The number of hydrogen-bond donors (Lipinski definition) is 3. The molecule has 0 aromatic carbocycles. The van der Waals surface area contributed by atoms with Gasteiger partial charge in [-0.3, -0.25) is 13.8 Å². The molecule has 1 amide bonds. The van der Waals surface area contributed by atoms with Crippen LogP contribution < -0.4 is 5.32 Å². The maximum Gasteiger partial charge on any atom is 0.472 e. The van der Waals surface area contributed by atoms with Gasteiger partial charge in [-0.2, -0.15) is 0 Å². The normalized spacial score (nSPS) is 15.1. The molecule has 0 bridgehead atoms. The van der Waals surface area contributed by atoms with Crippen LogP contribution in [0.1, 0.15) is 149 Å². The van der Waals surface area contributed by atoms with Gasteiger partial charge in [-0.15, -0.1) is 0 Å². The molecule has 0 aliphatic rings. The molecule has 0 saturated heterocycles. The first-order valence-electron chi connectivity index (χ1n) is 18.2. The Balaban J connectivity index is 4.59. The highest BCUT2D eigenvalue weighted by Crippen LogP contribution is 2.43. The Hall–Kier alpha value is -1.02. The summed E-state index contributed by atoms with van der Waals surface area (Å²) in [6, 6.07) is -0.842. The molecule has 3 N–H and O–H groups in total. The van der Waals surface area contributed by atoms with Gasteiger partial charge in [-0.1, -0.05) is 128 Å². The molecule has 1 unspecified atom stereocenters. The van der Waals surface area contributed by atoms with E-state index in [1.54, 1.807) is 6.08 Å². The largest absolute Gasteiger partial charge is 0.472 e. The summed E-state index contributed by atoms with van der Waals surface area (Å²) in [4.78, 5) is 22.9. The van der Waals surface area contributed by atoms with E-state index in [9.17, 15) is 19.4 Å². The molecule has 266 valence electrons. The van der Waals surface area contributed by atoms with Gasteiger partial charge in [0.25, 0.3) is 0 Å². The third-order valence-corrected chi connectivity index (χ3v) is 8.88. The molecular formula is C36H72N2O6P+. The summed E-state index contributed by atoms with van der Waals surface area (Å²) >= 11 is 0. The molecule has 0 aliphatic heterocycles. The Morgan fingerprint density at radius 3 is 1.80 bits per heavy atom. The number of hydrogen-bond acceptors (Lipinski definition) is 5. The number of nitrogens with one attached hydrogen (secondary N) is 1. The van der Waals surface area contributed by atoms with Crippen LogP contribution in [0, 0.1) is 0 Å². The fourth-order valence-electron chi connectivity index (χ4n) is 4.92. The van der Waals surface area contributed by atoms with Crippen molar-refractivity contribution in [3.63, 3.8) is 0 Å². The molecule has 3 atom stereocenters. The van der Waals surface area contributed by atoms with Crippen LogP contribution in [0.15, 0.2) is 24.3 Å². The summed E-state index contributed by atoms with van der Waals surface area (Å²) in [7, 11) is 1.56. The van der Waals surface area contributed by atoms with Gasteiger partial charge in [0.2, 0.25) is 5.91 Å². The Morgan fingerprint density at radius 2 is 1.24 bits per heavy atom. The SMILES string of the molecule is CCC/C=C/CCCCCCCC/C=C/[C@@H](O)[C@H](COP(=O)(O)OCC[N+](C)(C)C)NC(=O)CCCCCCCCCCCC. The Bertz CT molecular complexity index is 799. The molecule has 8 nitrogen and oxygen atoms in total. The summed E-state index contributed by atoms with van der Waals surface area (Å²) in [6.07, 6.45) is 30.9. The number of rotatable bonds is 32. The van der Waals surface area contributed by atoms with Crippen LogP contribution in [0.3, 0.4) is 0 Å². The third-order valence-electron chi connectivity index (χ3n) is 7.90. The molecule has 9 heteroatoms. The molecule has 0 radical (unpaired) electrons. The van der Waals surface area contributed by atoms with E-state index < -0.39 is 20.0 Å². The lowest BCUT2D eigenvalue weighted by atomic mass is 10.1. The first-order chi connectivity index (χ1) is 21.5. The van der Waals surface area contributed by atoms with Gasteiger partial charge in [-0.25, -0.2) is 4.57 Å². The summed E-state index contributed by atoms with van der Waals surface area (Å²) in [5.41, 5.74) is 0. The Labute approximate surface area is 277 Å². The molecule has 0 aliphatic carbocycles. The molecule has 0 heterocycles. The monoisotopic (exact) mass is 660 g/mol. The van der Waals surface area contributed by atoms with Crippen molar-refractivity contribution in [3.05, 3.63) is 24.3 Å². The highest BCUT2D eigenvalue weighted by atomic mass is 31.2. The number of phosphoric acid groups is 1. The van der Waals surface area contributed by atoms with E-state index >= 15 is 0 Å². The summed E-state index contributed by atoms with van der Waals surface area (Å²) in [5, 5.41) is 13.7. The summed E-state index contributed by atoms with van der Waals surface area (Å²) in [6.45, 7) is 4.71. The second-order valence-electron chi connectivity index (χ2n) is 13.6. The average molecular weight is 660 g/mol. The predicted molar refractivity (Wildman–Crippen MR) is 189 cm³/mol. The Morgan fingerprint density at radius 1 is 0.733 bits per heavy atom. The van der Waals surface area contributed by atoms with Crippen molar-refractivity contribution in [2.45, 2.75) is 161 Å². The van der Waals surface area contributed by atoms with Crippen molar-refractivity contribution < 1.29 is 32.9 Å². The van der Waals surface area contributed by atoms with E-state index in [4.69, 9.17) is 9.05 Å². The van der Waals surface area contributed by atoms with Crippen LogP contribution in [-0.2, 0) is 18.4 Å². The van der Waals surface area contributed by atoms with Crippen LogP contribution in [0.2, 0.25) is 0 Å². The summed E-state index contributed by atoms with van der Waals surface area (Å²) < 4.78 is 23.4. The standard InChI is InChI=1S/C36H71N2O6P/c1-6-8-10-12-14-16-18-19-20-21-23-25-27-29-35(39)34(33-44-45(41,42)43-32-31-38(3,4)5)37-36(40)30-28-26-24-22-17-15-13-11-9-7-2/h10,12,27,29,34-35,39H,6-9,11,13-26,28,30-33H2,1-5H3,(H-,37,40,41,42)/p+1/b12-10+,29-27+/t34-,35+/m0/s1. The fourth-order valence-corrected chi connectivity index (χ4v) is 5.66. The van der Waals surface area contributed by atoms with Crippen molar-refractivity contribution in [2.24, 2.45) is 0 Å². The molecule has 0 aromatic heterocycles. The molecule has 45 heavy (non-hydrogen) atoms. The molecule has 0 aromatic rings. The number of aliphatic hydroxyl groups excluding tert-OH is 1. The van der Waals surface area contributed by atoms with Crippen molar-refractivity contribution in [2.75, 3.05) is 40.9 Å². The number of aliphatic hydroxyl groups is 1. The lowest BCUT2D eigenvalue weighted by molar-refractivity contribution is -0.870. The highest BCUT2D eigenvalue weighted by Gasteiger charge is 2.27. The number of likely N-dealkylation sites (N-methyl/N-ethyl adjacent to an activating group) is 1. The zero-order chi connectivity index (χ0) is 33.7. The zero-order valence-electron chi connectivity index (χ0n) is 29.9. The number of quaternary nitrogens is 1. The lowest BCUT2D eigenvalue weighted by Gasteiger charge is -2.25. The number of amides is 1.